The van der Waals surface area contributed by atoms with E-state index in [0.717, 1.165) is 0 Å². The summed E-state index contributed by atoms with van der Waals surface area (Å²) in [6, 6.07) is 0. The van der Waals surface area contributed by atoms with Crippen molar-refractivity contribution in [1.29, 1.82) is 0 Å². The van der Waals surface area contributed by atoms with Gasteiger partial charge in [-0.05, 0) is 6.92 Å². The van der Waals surface area contributed by atoms with Gasteiger partial charge in [0.05, 0.1) is 0 Å². The van der Waals surface area contributed by atoms with Gasteiger partial charge >= 0.3 is 11.9 Å². The van der Waals surface area contributed by atoms with Crippen molar-refractivity contribution in [2.45, 2.75) is 19.1 Å². The molecule has 0 aromatic carbocycles. The lowest BCUT2D eigenvalue weighted by molar-refractivity contribution is -0.215. The molecule has 0 spiro atoms. The van der Waals surface area contributed by atoms with Crippen LogP contribution in [0.2, 0.25) is 0 Å². The van der Waals surface area contributed by atoms with Crippen molar-refractivity contribution in [3.8, 4) is 0 Å². The lowest BCUT2D eigenvalue weighted by Crippen LogP contribution is -2.38. The van der Waals surface area contributed by atoms with Gasteiger partial charge in [-0.2, -0.15) is 0 Å². The highest BCUT2D eigenvalue weighted by atomic mass is 16.7. The summed E-state index contributed by atoms with van der Waals surface area (Å²) < 4.78 is 14.6. The Kier molecular flexibility index (Phi) is 2.90. The first-order chi connectivity index (χ1) is 6.49. The molecular weight excluding hydrogens is 188 g/mol. The van der Waals surface area contributed by atoms with Crippen molar-refractivity contribution in [1.82, 2.24) is 0 Å². The molecule has 0 aromatic rings. The number of hydrogen-bond donors (Lipinski definition) is 0. The minimum atomic E-state index is -1.27. The standard InChI is InChI=1S/C9H12O5/c1-6(2)8(11)14-9(12-3)4-7(10)13-5-9/h1,4-5H2,2-3H3. The highest BCUT2D eigenvalue weighted by Gasteiger charge is 2.44. The van der Waals surface area contributed by atoms with Gasteiger partial charge in [0.1, 0.15) is 6.42 Å². The molecule has 14 heavy (non-hydrogen) atoms. The summed E-state index contributed by atoms with van der Waals surface area (Å²) in [5.41, 5.74) is 0.251. The van der Waals surface area contributed by atoms with Crippen LogP contribution in [0.3, 0.4) is 0 Å². The molecule has 0 saturated carbocycles. The molecule has 0 aromatic heterocycles. The molecule has 1 fully saturated rings. The number of hydrogen-bond acceptors (Lipinski definition) is 5. The second-order valence-electron chi connectivity index (χ2n) is 3.12. The van der Waals surface area contributed by atoms with Crippen LogP contribution in [0.15, 0.2) is 12.2 Å². The van der Waals surface area contributed by atoms with E-state index in [1.54, 1.807) is 0 Å². The molecule has 1 aliphatic heterocycles. The number of carbonyl (C=O) groups excluding carboxylic acids is 2. The van der Waals surface area contributed by atoms with Crippen molar-refractivity contribution in [3.63, 3.8) is 0 Å². The maximum absolute atomic E-state index is 11.2. The van der Waals surface area contributed by atoms with Crippen molar-refractivity contribution >= 4 is 11.9 Å². The summed E-state index contributed by atoms with van der Waals surface area (Å²) >= 11 is 0. The Labute approximate surface area is 81.6 Å². The minimum Gasteiger partial charge on any atom is -0.458 e. The van der Waals surface area contributed by atoms with Crippen LogP contribution in [-0.2, 0) is 23.8 Å². The quantitative estimate of drug-likeness (QED) is 0.375. The van der Waals surface area contributed by atoms with Gasteiger partial charge in [0.2, 0.25) is 0 Å². The molecule has 1 atom stereocenters. The molecule has 5 nitrogen and oxygen atoms in total. The largest absolute Gasteiger partial charge is 0.458 e. The van der Waals surface area contributed by atoms with E-state index in [0.29, 0.717) is 0 Å². The molecule has 0 amide bonds. The van der Waals surface area contributed by atoms with Crippen LogP contribution in [0.1, 0.15) is 13.3 Å². The van der Waals surface area contributed by atoms with Crippen LogP contribution in [0, 0.1) is 0 Å². The van der Waals surface area contributed by atoms with Crippen LogP contribution in [0.5, 0.6) is 0 Å². The molecular formula is C9H12O5. The van der Waals surface area contributed by atoms with Gasteiger partial charge in [-0.15, -0.1) is 0 Å². The summed E-state index contributed by atoms with van der Waals surface area (Å²) in [6.45, 7) is 4.87. The normalized spacial score (nSPS) is 25.7. The van der Waals surface area contributed by atoms with Crippen molar-refractivity contribution < 1.29 is 23.8 Å². The molecule has 1 aliphatic rings. The molecule has 78 valence electrons. The van der Waals surface area contributed by atoms with Gasteiger partial charge < -0.3 is 14.2 Å². The maximum Gasteiger partial charge on any atom is 0.335 e. The second-order valence-corrected chi connectivity index (χ2v) is 3.12. The maximum atomic E-state index is 11.2. The Hall–Kier alpha value is -1.36. The minimum absolute atomic E-state index is 0.0681. The number of carbonyl (C=O) groups is 2. The Balaban J connectivity index is 2.68. The average molecular weight is 200 g/mol. The Morgan fingerprint density at radius 3 is 2.64 bits per heavy atom. The molecule has 1 saturated heterocycles. The van der Waals surface area contributed by atoms with E-state index in [1.807, 2.05) is 0 Å². The number of esters is 2. The van der Waals surface area contributed by atoms with Gasteiger partial charge in [0.25, 0.3) is 5.79 Å². The monoisotopic (exact) mass is 200 g/mol. The van der Waals surface area contributed by atoms with Crippen molar-refractivity contribution in [2.75, 3.05) is 13.7 Å². The molecule has 1 heterocycles. The fourth-order valence-electron chi connectivity index (χ4n) is 1.01. The first-order valence-corrected chi connectivity index (χ1v) is 4.09. The Morgan fingerprint density at radius 2 is 2.29 bits per heavy atom. The van der Waals surface area contributed by atoms with Crippen LogP contribution < -0.4 is 0 Å². The van der Waals surface area contributed by atoms with E-state index < -0.39 is 17.7 Å². The predicted molar refractivity (Wildman–Crippen MR) is 46.2 cm³/mol. The van der Waals surface area contributed by atoms with Crippen molar-refractivity contribution in [3.05, 3.63) is 12.2 Å². The fraction of sp³-hybridized carbons (Fsp3) is 0.556. The number of methoxy groups -OCH3 is 1. The molecule has 0 N–H and O–H groups in total. The van der Waals surface area contributed by atoms with Gasteiger partial charge in [0.15, 0.2) is 6.61 Å². The molecule has 0 radical (unpaired) electrons. The Morgan fingerprint density at radius 1 is 1.64 bits per heavy atom. The molecule has 1 rings (SSSR count). The molecule has 0 aliphatic carbocycles. The summed E-state index contributed by atoms with van der Waals surface area (Å²) in [7, 11) is 1.35. The molecule has 0 bridgehead atoms. The summed E-state index contributed by atoms with van der Waals surface area (Å²) in [5.74, 6) is -2.31. The second kappa shape index (κ2) is 3.79. The third-order valence-electron chi connectivity index (χ3n) is 1.87. The predicted octanol–water partition coefficient (Wildman–Crippen LogP) is 0.395. The Bertz CT molecular complexity index is 283. The van der Waals surface area contributed by atoms with Crippen LogP contribution >= 0.6 is 0 Å². The molecule has 5 heteroatoms. The van der Waals surface area contributed by atoms with Crippen LogP contribution in [0.4, 0.5) is 0 Å². The van der Waals surface area contributed by atoms with Gasteiger partial charge in [0, 0.05) is 12.7 Å². The first-order valence-electron chi connectivity index (χ1n) is 4.09. The zero-order valence-corrected chi connectivity index (χ0v) is 8.16. The SMILES string of the molecule is C=C(C)C(=O)OC1(OC)COC(=O)C1. The zero-order chi connectivity index (χ0) is 10.8. The first kappa shape index (κ1) is 10.7. The number of cyclic esters (lactones) is 1. The highest BCUT2D eigenvalue weighted by Crippen LogP contribution is 2.25. The van der Waals surface area contributed by atoms with Crippen LogP contribution in [0.25, 0.3) is 0 Å². The van der Waals surface area contributed by atoms with E-state index in [9.17, 15) is 9.59 Å². The smallest absolute Gasteiger partial charge is 0.335 e. The lowest BCUT2D eigenvalue weighted by Gasteiger charge is -2.23. The lowest BCUT2D eigenvalue weighted by atomic mass is 10.2. The number of ether oxygens (including phenoxy) is 3. The van der Waals surface area contributed by atoms with Crippen molar-refractivity contribution in [2.24, 2.45) is 0 Å². The third kappa shape index (κ3) is 2.11. The zero-order valence-electron chi connectivity index (χ0n) is 8.16. The van der Waals surface area contributed by atoms with Crippen LogP contribution in [-0.4, -0.2) is 31.4 Å². The summed E-state index contributed by atoms with van der Waals surface area (Å²) in [4.78, 5) is 22.1. The number of rotatable bonds is 3. The average Bonchev–Trinajstić information content (AvgIpc) is 2.48. The van der Waals surface area contributed by atoms with E-state index >= 15 is 0 Å². The van der Waals surface area contributed by atoms with E-state index in [4.69, 9.17) is 9.47 Å². The van der Waals surface area contributed by atoms with Gasteiger partial charge in [-0.3, -0.25) is 4.79 Å². The highest BCUT2D eigenvalue weighted by molar-refractivity contribution is 5.87. The van der Waals surface area contributed by atoms with E-state index in [-0.39, 0.29) is 18.6 Å². The summed E-state index contributed by atoms with van der Waals surface area (Å²) in [5, 5.41) is 0. The topological polar surface area (TPSA) is 61.8 Å². The molecule has 1 unspecified atom stereocenters. The van der Waals surface area contributed by atoms with E-state index in [1.165, 1.54) is 14.0 Å². The summed E-state index contributed by atoms with van der Waals surface area (Å²) in [6.07, 6.45) is -0.0808. The van der Waals surface area contributed by atoms with E-state index in [2.05, 4.69) is 11.3 Å². The van der Waals surface area contributed by atoms with Gasteiger partial charge in [-0.25, -0.2) is 4.79 Å². The van der Waals surface area contributed by atoms with Gasteiger partial charge in [-0.1, -0.05) is 6.58 Å². The third-order valence-corrected chi connectivity index (χ3v) is 1.87. The fourth-order valence-corrected chi connectivity index (χ4v) is 1.01.